The van der Waals surface area contributed by atoms with Crippen LogP contribution in [0.5, 0.6) is 0 Å². The molecule has 2 aromatic heterocycles. The monoisotopic (exact) mass is 205 g/mol. The van der Waals surface area contributed by atoms with Gasteiger partial charge in [0.15, 0.2) is 0 Å². The van der Waals surface area contributed by atoms with Crippen molar-refractivity contribution in [1.82, 2.24) is 9.97 Å². The smallest absolute Gasteiger partial charge is 0.269 e. The summed E-state index contributed by atoms with van der Waals surface area (Å²) in [5, 5.41) is 0. The number of rotatable bonds is 0. The van der Waals surface area contributed by atoms with Gasteiger partial charge in [0.05, 0.1) is 5.56 Å². The molecule has 16 heavy (non-hydrogen) atoms. The van der Waals surface area contributed by atoms with E-state index in [-0.39, 0.29) is 0 Å². The molecule has 0 aliphatic rings. The van der Waals surface area contributed by atoms with Crippen molar-refractivity contribution in [2.45, 2.75) is 0 Å². The summed E-state index contributed by atoms with van der Waals surface area (Å²) in [6.07, 6.45) is 3.29. The van der Waals surface area contributed by atoms with Crippen LogP contribution in [0.1, 0.15) is 11.3 Å². The van der Waals surface area contributed by atoms with Crippen LogP contribution in [0.3, 0.4) is 0 Å². The van der Waals surface area contributed by atoms with Gasteiger partial charge in [-0.15, -0.1) is 4.98 Å². The molecule has 0 fully saturated rings. The molecule has 0 saturated heterocycles. The van der Waals surface area contributed by atoms with Crippen LogP contribution >= 0.6 is 0 Å². The van der Waals surface area contributed by atoms with Gasteiger partial charge in [-0.3, -0.25) is 0 Å². The highest BCUT2D eigenvalue weighted by molar-refractivity contribution is 5.43. The van der Waals surface area contributed by atoms with Crippen LogP contribution in [0.15, 0.2) is 42.7 Å². The van der Waals surface area contributed by atoms with Crippen molar-refractivity contribution in [1.29, 1.82) is 0 Å². The first-order valence-electron chi connectivity index (χ1n) is 4.65. The molecular weight excluding hydrogens is 198 g/mol. The Hall–Kier alpha value is -2.65. The van der Waals surface area contributed by atoms with Crippen LogP contribution in [0.4, 0.5) is 5.82 Å². The van der Waals surface area contributed by atoms with Crippen molar-refractivity contribution >= 4 is 5.82 Å². The van der Waals surface area contributed by atoms with Crippen molar-refractivity contribution in [2.75, 3.05) is 0 Å². The van der Waals surface area contributed by atoms with E-state index >= 15 is 0 Å². The lowest BCUT2D eigenvalue weighted by Gasteiger charge is -1.88. The lowest BCUT2D eigenvalue weighted by molar-refractivity contribution is 1.29. The minimum absolute atomic E-state index is 0.378. The second kappa shape index (κ2) is 4.72. The van der Waals surface area contributed by atoms with E-state index in [1.165, 1.54) is 0 Å². The molecule has 0 aliphatic heterocycles. The van der Waals surface area contributed by atoms with Gasteiger partial charge in [-0.1, -0.05) is 24.6 Å². The normalized spacial score (nSPS) is 8.69. The Labute approximate surface area is 93.6 Å². The van der Waals surface area contributed by atoms with Crippen molar-refractivity contribution in [2.24, 2.45) is 0 Å². The molecule has 74 valence electrons. The minimum Gasteiger partial charge on any atom is -0.361 e. The summed E-state index contributed by atoms with van der Waals surface area (Å²) >= 11 is 0. The molecule has 2 aromatic rings. The fraction of sp³-hybridized carbons (Fsp3) is 0. The third-order valence-electron chi connectivity index (χ3n) is 1.86. The molecule has 2 heterocycles. The molecule has 0 N–H and O–H groups in total. The number of hydrogen-bond acceptors (Lipinski definition) is 2. The summed E-state index contributed by atoms with van der Waals surface area (Å²) in [6, 6.07) is 8.99. The van der Waals surface area contributed by atoms with Crippen LogP contribution in [0.25, 0.3) is 4.85 Å². The van der Waals surface area contributed by atoms with Gasteiger partial charge in [-0.2, -0.15) is 0 Å². The predicted molar refractivity (Wildman–Crippen MR) is 60.7 cm³/mol. The van der Waals surface area contributed by atoms with Crippen LogP contribution in [0, 0.1) is 18.4 Å². The average molecular weight is 205 g/mol. The van der Waals surface area contributed by atoms with Gasteiger partial charge in [0.25, 0.3) is 5.82 Å². The number of aromatic nitrogens is 2. The van der Waals surface area contributed by atoms with Gasteiger partial charge in [0, 0.05) is 6.20 Å². The Balaban J connectivity index is 2.22. The fourth-order valence-corrected chi connectivity index (χ4v) is 1.10. The molecule has 0 atom stereocenters. The molecule has 2 rings (SSSR count). The highest BCUT2D eigenvalue weighted by atomic mass is 14.8. The Kier molecular flexibility index (Phi) is 2.92. The summed E-state index contributed by atoms with van der Waals surface area (Å²) in [6.45, 7) is 6.77. The third-order valence-corrected chi connectivity index (χ3v) is 1.86. The zero-order valence-corrected chi connectivity index (χ0v) is 8.38. The van der Waals surface area contributed by atoms with Crippen molar-refractivity contribution < 1.29 is 0 Å². The standard InChI is InChI=1S/C13H7N3/c1-14-13-8-6-11(10-16-13)5-7-12-4-2-3-9-15-12/h2-4,6,8-10H. The maximum absolute atomic E-state index is 6.77. The molecule has 0 amide bonds. The molecule has 0 unspecified atom stereocenters. The second-order valence-electron chi connectivity index (χ2n) is 2.98. The van der Waals surface area contributed by atoms with E-state index in [9.17, 15) is 0 Å². The summed E-state index contributed by atoms with van der Waals surface area (Å²) in [7, 11) is 0. The van der Waals surface area contributed by atoms with E-state index in [1.54, 1.807) is 24.5 Å². The Morgan fingerprint density at radius 2 is 2.00 bits per heavy atom. The second-order valence-corrected chi connectivity index (χ2v) is 2.98. The predicted octanol–water partition coefficient (Wildman–Crippen LogP) is 2.43. The van der Waals surface area contributed by atoms with Crippen molar-refractivity contribution in [3.63, 3.8) is 0 Å². The van der Waals surface area contributed by atoms with Crippen LogP contribution < -0.4 is 0 Å². The molecule has 3 nitrogen and oxygen atoms in total. The topological polar surface area (TPSA) is 30.1 Å². The molecule has 0 radical (unpaired) electrons. The van der Waals surface area contributed by atoms with E-state index in [4.69, 9.17) is 6.57 Å². The summed E-state index contributed by atoms with van der Waals surface area (Å²) in [5.74, 6) is 6.23. The van der Waals surface area contributed by atoms with E-state index < -0.39 is 0 Å². The highest BCUT2D eigenvalue weighted by Crippen LogP contribution is 2.06. The van der Waals surface area contributed by atoms with E-state index in [0.717, 1.165) is 11.3 Å². The molecular formula is C13H7N3. The maximum atomic E-state index is 6.77. The van der Waals surface area contributed by atoms with E-state index in [0.29, 0.717) is 5.82 Å². The molecule has 0 spiro atoms. The Morgan fingerprint density at radius 3 is 2.62 bits per heavy atom. The van der Waals surface area contributed by atoms with Gasteiger partial charge < -0.3 is 4.85 Å². The zero-order valence-electron chi connectivity index (χ0n) is 8.38. The van der Waals surface area contributed by atoms with Gasteiger partial charge >= 0.3 is 0 Å². The lowest BCUT2D eigenvalue weighted by atomic mass is 10.2. The first kappa shape index (κ1) is 9.89. The summed E-state index contributed by atoms with van der Waals surface area (Å²) in [4.78, 5) is 11.2. The molecule has 3 heteroatoms. The van der Waals surface area contributed by atoms with Gasteiger partial charge in [0.1, 0.15) is 11.9 Å². The highest BCUT2D eigenvalue weighted by Gasteiger charge is 1.92. The van der Waals surface area contributed by atoms with Gasteiger partial charge in [-0.25, -0.2) is 4.98 Å². The van der Waals surface area contributed by atoms with Crippen LogP contribution in [-0.4, -0.2) is 9.97 Å². The number of nitrogens with zero attached hydrogens (tertiary/aromatic N) is 3. The maximum Gasteiger partial charge on any atom is 0.269 e. The Bertz CT molecular complexity index is 569. The van der Waals surface area contributed by atoms with Gasteiger partial charge in [-0.05, 0) is 24.1 Å². The molecule has 0 saturated carbocycles. The van der Waals surface area contributed by atoms with Crippen LogP contribution in [0.2, 0.25) is 0 Å². The fourth-order valence-electron chi connectivity index (χ4n) is 1.10. The Morgan fingerprint density at radius 1 is 1.06 bits per heavy atom. The summed E-state index contributed by atoms with van der Waals surface area (Å²) < 4.78 is 0. The van der Waals surface area contributed by atoms with Gasteiger partial charge in [0.2, 0.25) is 0 Å². The molecule has 0 aliphatic carbocycles. The number of pyridine rings is 2. The average Bonchev–Trinajstić information content (AvgIpc) is 2.38. The largest absolute Gasteiger partial charge is 0.361 e. The van der Waals surface area contributed by atoms with Crippen molar-refractivity contribution in [3.05, 3.63) is 65.4 Å². The first-order chi connectivity index (χ1) is 7.88. The first-order valence-corrected chi connectivity index (χ1v) is 4.65. The molecule has 0 aromatic carbocycles. The van der Waals surface area contributed by atoms with E-state index in [2.05, 4.69) is 26.7 Å². The minimum atomic E-state index is 0.378. The van der Waals surface area contributed by atoms with Crippen molar-refractivity contribution in [3.8, 4) is 11.8 Å². The zero-order chi connectivity index (χ0) is 11.2. The quantitative estimate of drug-likeness (QED) is 0.488. The van der Waals surface area contributed by atoms with Crippen LogP contribution in [-0.2, 0) is 0 Å². The summed E-state index contributed by atoms with van der Waals surface area (Å²) in [5.41, 5.74) is 1.50. The lowest BCUT2D eigenvalue weighted by Crippen LogP contribution is -1.80. The van der Waals surface area contributed by atoms with E-state index in [1.807, 2.05) is 18.2 Å². The third kappa shape index (κ3) is 2.43. The number of hydrogen-bond donors (Lipinski definition) is 0. The SMILES string of the molecule is [C-]#[N+]c1ccc(C#Cc2ccccn2)cn1. The molecule has 0 bridgehead atoms.